The quantitative estimate of drug-likeness (QED) is 0.769. The van der Waals surface area contributed by atoms with Gasteiger partial charge in [-0.05, 0) is 38.3 Å². The van der Waals surface area contributed by atoms with Gasteiger partial charge in [-0.25, -0.2) is 0 Å². The molecule has 2 aliphatic rings. The number of hydrogen-bond donors (Lipinski definition) is 2. The van der Waals surface area contributed by atoms with Crippen LogP contribution in [0.15, 0.2) is 0 Å². The second-order valence-electron chi connectivity index (χ2n) is 5.23. The van der Waals surface area contributed by atoms with Crippen LogP contribution in [0.5, 0.6) is 0 Å². The Balaban J connectivity index is 1.85. The van der Waals surface area contributed by atoms with Crippen LogP contribution in [0.3, 0.4) is 0 Å². The van der Waals surface area contributed by atoms with Gasteiger partial charge in [0.25, 0.3) is 0 Å². The fourth-order valence-electron chi connectivity index (χ4n) is 2.70. The molecule has 2 fully saturated rings. The van der Waals surface area contributed by atoms with Crippen molar-refractivity contribution in [3.63, 3.8) is 0 Å². The van der Waals surface area contributed by atoms with Gasteiger partial charge < -0.3 is 10.4 Å². The summed E-state index contributed by atoms with van der Waals surface area (Å²) in [4.78, 5) is 1.74. The fourth-order valence-corrected chi connectivity index (χ4v) is 2.70. The van der Waals surface area contributed by atoms with Gasteiger partial charge in [-0.15, -0.1) is 0 Å². The monoisotopic (exact) mass is 252 g/mol. The van der Waals surface area contributed by atoms with Crippen molar-refractivity contribution >= 4 is 0 Å². The zero-order valence-corrected chi connectivity index (χ0v) is 9.76. The Morgan fingerprint density at radius 3 is 2.71 bits per heavy atom. The Kier molecular flexibility index (Phi) is 3.66. The van der Waals surface area contributed by atoms with Gasteiger partial charge >= 0.3 is 6.18 Å². The molecule has 6 heteroatoms. The van der Waals surface area contributed by atoms with E-state index in [2.05, 4.69) is 5.32 Å². The van der Waals surface area contributed by atoms with Crippen LogP contribution >= 0.6 is 0 Å². The van der Waals surface area contributed by atoms with E-state index in [1.807, 2.05) is 0 Å². The minimum atomic E-state index is -4.51. The van der Waals surface area contributed by atoms with E-state index < -0.39 is 11.8 Å². The number of β-amino-alcohol motifs (C(OH)–C–C–N with tert-alkyl or cyclic N) is 1. The van der Waals surface area contributed by atoms with Crippen molar-refractivity contribution in [1.29, 1.82) is 0 Å². The van der Waals surface area contributed by atoms with Crippen LogP contribution < -0.4 is 5.32 Å². The van der Waals surface area contributed by atoms with Gasteiger partial charge in [0.2, 0.25) is 0 Å². The molecule has 2 N–H and O–H groups in total. The lowest BCUT2D eigenvalue weighted by Gasteiger charge is -2.29. The lowest BCUT2D eigenvalue weighted by Crippen LogP contribution is -2.48. The van der Waals surface area contributed by atoms with Gasteiger partial charge in [0.15, 0.2) is 5.60 Å². The predicted octanol–water partition coefficient (Wildman–Crippen LogP) is 0.985. The van der Waals surface area contributed by atoms with Gasteiger partial charge in [-0.1, -0.05) is 0 Å². The highest BCUT2D eigenvalue weighted by Gasteiger charge is 2.56. The van der Waals surface area contributed by atoms with E-state index in [0.29, 0.717) is 19.0 Å². The molecule has 0 bridgehead atoms. The molecule has 100 valence electrons. The number of halogens is 3. The molecule has 2 aliphatic heterocycles. The molecule has 2 rings (SSSR count). The summed E-state index contributed by atoms with van der Waals surface area (Å²) in [5.41, 5.74) is -2.49. The predicted molar refractivity (Wildman–Crippen MR) is 57.7 cm³/mol. The van der Waals surface area contributed by atoms with E-state index in [9.17, 15) is 18.3 Å². The average molecular weight is 252 g/mol. The molecule has 2 unspecified atom stereocenters. The molecule has 0 radical (unpaired) electrons. The average Bonchev–Trinajstić information content (AvgIpc) is 2.62. The van der Waals surface area contributed by atoms with Gasteiger partial charge in [-0.3, -0.25) is 4.90 Å². The molecular weight excluding hydrogens is 233 g/mol. The maximum Gasteiger partial charge on any atom is 0.418 e. The number of nitrogens with one attached hydrogen (secondary N) is 1. The van der Waals surface area contributed by atoms with Crippen LogP contribution in [0, 0.1) is 5.92 Å². The molecule has 2 saturated heterocycles. The third-order valence-electron chi connectivity index (χ3n) is 3.77. The first-order valence-corrected chi connectivity index (χ1v) is 6.13. The zero-order chi connectivity index (χ0) is 12.5. The number of piperidine rings is 1. The molecule has 0 aromatic rings. The molecule has 0 amide bonds. The Bertz CT molecular complexity index is 266. The smallest absolute Gasteiger partial charge is 0.379 e. The van der Waals surface area contributed by atoms with E-state index in [1.54, 1.807) is 4.90 Å². The fraction of sp³-hybridized carbons (Fsp3) is 1.00. The summed E-state index contributed by atoms with van der Waals surface area (Å²) in [6.45, 7) is 2.61. The first-order valence-electron chi connectivity index (χ1n) is 6.13. The van der Waals surface area contributed by atoms with E-state index in [4.69, 9.17) is 0 Å². The van der Waals surface area contributed by atoms with E-state index in [-0.39, 0.29) is 13.0 Å². The number of nitrogens with zero attached hydrogens (tertiary/aromatic N) is 1. The first-order chi connectivity index (χ1) is 7.91. The van der Waals surface area contributed by atoms with Crippen molar-refractivity contribution in [3.05, 3.63) is 0 Å². The third-order valence-corrected chi connectivity index (χ3v) is 3.77. The summed E-state index contributed by atoms with van der Waals surface area (Å²) in [5.74, 6) is 0.416. The van der Waals surface area contributed by atoms with Gasteiger partial charge in [0, 0.05) is 19.6 Å². The lowest BCUT2D eigenvalue weighted by molar-refractivity contribution is -0.254. The Labute approximate surface area is 99.0 Å². The molecular formula is C11H19F3N2O. The van der Waals surface area contributed by atoms with Crippen molar-refractivity contribution in [1.82, 2.24) is 10.2 Å². The number of hydrogen-bond acceptors (Lipinski definition) is 3. The van der Waals surface area contributed by atoms with Crippen molar-refractivity contribution in [2.75, 3.05) is 32.7 Å². The van der Waals surface area contributed by atoms with Crippen molar-refractivity contribution in [2.24, 2.45) is 5.92 Å². The second kappa shape index (κ2) is 4.74. The SMILES string of the molecule is OC1(C(F)(F)F)CCN(CC2CCCNC2)C1. The maximum absolute atomic E-state index is 12.6. The number of alkyl halides is 3. The normalized spacial score (nSPS) is 36.4. The summed E-state index contributed by atoms with van der Waals surface area (Å²) in [6, 6.07) is 0. The zero-order valence-electron chi connectivity index (χ0n) is 9.76. The molecule has 0 spiro atoms. The molecule has 3 nitrogen and oxygen atoms in total. The van der Waals surface area contributed by atoms with Crippen molar-refractivity contribution in [2.45, 2.75) is 31.0 Å². The largest absolute Gasteiger partial charge is 0.418 e. The van der Waals surface area contributed by atoms with Crippen molar-refractivity contribution in [3.8, 4) is 0 Å². The van der Waals surface area contributed by atoms with Crippen LogP contribution in [0.2, 0.25) is 0 Å². The number of likely N-dealkylation sites (tertiary alicyclic amines) is 1. The Hall–Kier alpha value is -0.330. The van der Waals surface area contributed by atoms with Gasteiger partial charge in [-0.2, -0.15) is 13.2 Å². The molecule has 17 heavy (non-hydrogen) atoms. The Morgan fingerprint density at radius 2 is 2.18 bits per heavy atom. The van der Waals surface area contributed by atoms with Crippen LogP contribution in [-0.2, 0) is 0 Å². The molecule has 0 aromatic heterocycles. The maximum atomic E-state index is 12.6. The van der Waals surface area contributed by atoms with E-state index in [0.717, 1.165) is 25.9 Å². The number of rotatable bonds is 2. The molecule has 2 heterocycles. The minimum Gasteiger partial charge on any atom is -0.379 e. The molecule has 0 aliphatic carbocycles. The topological polar surface area (TPSA) is 35.5 Å². The van der Waals surface area contributed by atoms with Crippen LogP contribution in [-0.4, -0.2) is 54.5 Å². The minimum absolute atomic E-state index is 0.198. The highest BCUT2D eigenvalue weighted by molar-refractivity contribution is 4.96. The van der Waals surface area contributed by atoms with Crippen LogP contribution in [0.4, 0.5) is 13.2 Å². The highest BCUT2D eigenvalue weighted by Crippen LogP contribution is 2.37. The van der Waals surface area contributed by atoms with Crippen LogP contribution in [0.1, 0.15) is 19.3 Å². The second-order valence-corrected chi connectivity index (χ2v) is 5.23. The van der Waals surface area contributed by atoms with E-state index in [1.165, 1.54) is 0 Å². The first kappa shape index (κ1) is 13.1. The van der Waals surface area contributed by atoms with Crippen LogP contribution in [0.25, 0.3) is 0 Å². The summed E-state index contributed by atoms with van der Waals surface area (Å²) in [5, 5.41) is 12.8. The lowest BCUT2D eigenvalue weighted by atomic mass is 9.99. The summed E-state index contributed by atoms with van der Waals surface area (Å²) in [6.07, 6.45) is -2.56. The molecule has 0 aromatic carbocycles. The van der Waals surface area contributed by atoms with E-state index >= 15 is 0 Å². The van der Waals surface area contributed by atoms with Crippen molar-refractivity contribution < 1.29 is 18.3 Å². The third kappa shape index (κ3) is 2.92. The number of aliphatic hydroxyl groups is 1. The molecule has 2 atom stereocenters. The summed E-state index contributed by atoms with van der Waals surface area (Å²) >= 11 is 0. The molecule has 0 saturated carbocycles. The van der Waals surface area contributed by atoms with Gasteiger partial charge in [0.05, 0.1) is 0 Å². The van der Waals surface area contributed by atoms with Gasteiger partial charge in [0.1, 0.15) is 0 Å². The Morgan fingerprint density at radius 1 is 1.41 bits per heavy atom. The standard InChI is InChI=1S/C11H19F3N2O/c12-11(13,14)10(17)3-5-16(8-10)7-9-2-1-4-15-6-9/h9,15,17H,1-8H2. The highest BCUT2D eigenvalue weighted by atomic mass is 19.4. The summed E-state index contributed by atoms with van der Waals surface area (Å²) < 4.78 is 37.8. The summed E-state index contributed by atoms with van der Waals surface area (Å²) in [7, 11) is 0.